The quantitative estimate of drug-likeness (QED) is 0.863. The summed E-state index contributed by atoms with van der Waals surface area (Å²) < 4.78 is 11.4. The second kappa shape index (κ2) is 8.09. The molecular weight excluding hydrogens is 340 g/mol. The van der Waals surface area contributed by atoms with Crippen molar-refractivity contribution in [2.45, 2.75) is 56.9 Å². The zero-order chi connectivity index (χ0) is 18.7. The van der Waals surface area contributed by atoms with E-state index in [2.05, 4.69) is 16.3 Å². The molecule has 5 heteroatoms. The van der Waals surface area contributed by atoms with E-state index in [1.165, 1.54) is 37.7 Å². The van der Waals surface area contributed by atoms with Gasteiger partial charge in [-0.05, 0) is 56.8 Å². The van der Waals surface area contributed by atoms with Crippen LogP contribution >= 0.6 is 0 Å². The van der Waals surface area contributed by atoms with Gasteiger partial charge in [0, 0.05) is 12.5 Å². The number of rotatable bonds is 5. The first-order valence-corrected chi connectivity index (χ1v) is 10.5. The summed E-state index contributed by atoms with van der Waals surface area (Å²) >= 11 is 0. The molecule has 2 heterocycles. The second-order valence-corrected chi connectivity index (χ2v) is 8.33. The van der Waals surface area contributed by atoms with Gasteiger partial charge >= 0.3 is 0 Å². The van der Waals surface area contributed by atoms with E-state index in [-0.39, 0.29) is 11.4 Å². The maximum absolute atomic E-state index is 13.3. The van der Waals surface area contributed by atoms with Crippen LogP contribution in [0.4, 0.5) is 0 Å². The number of nitrogens with one attached hydrogen (secondary N) is 1. The SMILES string of the molecule is COc1cccc2c1OCC(CNC(=O)C1(N3CCCC3)CCCCC1)C2. The van der Waals surface area contributed by atoms with Gasteiger partial charge in [-0.2, -0.15) is 0 Å². The lowest BCUT2D eigenvalue weighted by Gasteiger charge is -2.43. The predicted octanol–water partition coefficient (Wildman–Crippen LogP) is 3.16. The topological polar surface area (TPSA) is 50.8 Å². The number of nitrogens with zero attached hydrogens (tertiary/aromatic N) is 1. The van der Waals surface area contributed by atoms with E-state index in [4.69, 9.17) is 9.47 Å². The van der Waals surface area contributed by atoms with E-state index >= 15 is 0 Å². The Kier molecular flexibility index (Phi) is 5.58. The van der Waals surface area contributed by atoms with Gasteiger partial charge in [-0.1, -0.05) is 31.4 Å². The van der Waals surface area contributed by atoms with E-state index in [9.17, 15) is 4.79 Å². The number of amides is 1. The van der Waals surface area contributed by atoms with E-state index in [0.29, 0.717) is 19.1 Å². The minimum atomic E-state index is -0.259. The largest absolute Gasteiger partial charge is 0.493 e. The number of para-hydroxylation sites is 1. The number of hydrogen-bond donors (Lipinski definition) is 1. The fourth-order valence-electron chi connectivity index (χ4n) is 5.12. The molecule has 4 rings (SSSR count). The van der Waals surface area contributed by atoms with Crippen molar-refractivity contribution in [1.82, 2.24) is 10.2 Å². The van der Waals surface area contributed by atoms with Crippen molar-refractivity contribution in [3.63, 3.8) is 0 Å². The number of benzene rings is 1. The highest BCUT2D eigenvalue weighted by Crippen LogP contribution is 2.37. The van der Waals surface area contributed by atoms with Gasteiger partial charge in [0.2, 0.25) is 5.91 Å². The monoisotopic (exact) mass is 372 g/mol. The number of fused-ring (bicyclic) bond motifs is 1. The average molecular weight is 373 g/mol. The summed E-state index contributed by atoms with van der Waals surface area (Å²) in [5.41, 5.74) is 0.914. The Morgan fingerprint density at radius 2 is 2.00 bits per heavy atom. The summed E-state index contributed by atoms with van der Waals surface area (Å²) in [7, 11) is 1.67. The van der Waals surface area contributed by atoms with Gasteiger partial charge in [-0.3, -0.25) is 9.69 Å². The maximum Gasteiger partial charge on any atom is 0.240 e. The van der Waals surface area contributed by atoms with Crippen molar-refractivity contribution in [2.24, 2.45) is 5.92 Å². The van der Waals surface area contributed by atoms with Crippen LogP contribution in [-0.4, -0.2) is 49.7 Å². The molecule has 0 spiro atoms. The second-order valence-electron chi connectivity index (χ2n) is 8.33. The molecule has 0 bridgehead atoms. The highest BCUT2D eigenvalue weighted by Gasteiger charge is 2.45. The minimum Gasteiger partial charge on any atom is -0.493 e. The van der Waals surface area contributed by atoms with Crippen LogP contribution in [0.15, 0.2) is 18.2 Å². The molecule has 27 heavy (non-hydrogen) atoms. The molecule has 0 aromatic heterocycles. The molecular formula is C22H32N2O3. The minimum absolute atomic E-state index is 0.250. The van der Waals surface area contributed by atoms with Crippen molar-refractivity contribution >= 4 is 5.91 Å². The fraction of sp³-hybridized carbons (Fsp3) is 0.682. The van der Waals surface area contributed by atoms with Gasteiger partial charge in [-0.15, -0.1) is 0 Å². The number of methoxy groups -OCH3 is 1. The molecule has 148 valence electrons. The summed E-state index contributed by atoms with van der Waals surface area (Å²) in [5.74, 6) is 2.22. The Bertz CT molecular complexity index is 664. The number of carbonyl (C=O) groups is 1. The summed E-state index contributed by atoms with van der Waals surface area (Å²) in [6.07, 6.45) is 9.00. The summed E-state index contributed by atoms with van der Waals surface area (Å²) in [6, 6.07) is 6.04. The molecule has 1 saturated carbocycles. The average Bonchev–Trinajstić information content (AvgIpc) is 3.27. The molecule has 2 aliphatic heterocycles. The van der Waals surface area contributed by atoms with Crippen LogP contribution in [-0.2, 0) is 11.2 Å². The van der Waals surface area contributed by atoms with Crippen molar-refractivity contribution in [1.29, 1.82) is 0 Å². The first-order valence-electron chi connectivity index (χ1n) is 10.5. The maximum atomic E-state index is 13.3. The van der Waals surface area contributed by atoms with Crippen molar-refractivity contribution < 1.29 is 14.3 Å². The first kappa shape index (κ1) is 18.6. The molecule has 1 aliphatic carbocycles. The molecule has 1 aromatic rings. The van der Waals surface area contributed by atoms with Crippen LogP contribution in [0.1, 0.15) is 50.5 Å². The number of likely N-dealkylation sites (tertiary alicyclic amines) is 1. The fourth-order valence-corrected chi connectivity index (χ4v) is 5.12. The van der Waals surface area contributed by atoms with Crippen molar-refractivity contribution in [3.8, 4) is 11.5 Å². The molecule has 5 nitrogen and oxygen atoms in total. The molecule has 1 amide bonds. The number of ether oxygens (including phenoxy) is 2. The first-order chi connectivity index (χ1) is 13.2. The van der Waals surface area contributed by atoms with Crippen LogP contribution in [0.5, 0.6) is 11.5 Å². The summed E-state index contributed by atoms with van der Waals surface area (Å²) in [4.78, 5) is 15.8. The molecule has 1 unspecified atom stereocenters. The Morgan fingerprint density at radius 3 is 2.74 bits per heavy atom. The Hall–Kier alpha value is -1.75. The predicted molar refractivity (Wildman–Crippen MR) is 105 cm³/mol. The van der Waals surface area contributed by atoms with Crippen LogP contribution in [0, 0.1) is 5.92 Å². The normalized spacial score (nSPS) is 24.7. The van der Waals surface area contributed by atoms with Gasteiger partial charge < -0.3 is 14.8 Å². The number of carbonyl (C=O) groups excluding carboxylic acids is 1. The summed E-state index contributed by atoms with van der Waals surface area (Å²) in [6.45, 7) is 3.47. The number of hydrogen-bond acceptors (Lipinski definition) is 4. The highest BCUT2D eigenvalue weighted by molar-refractivity contribution is 5.86. The Labute approximate surface area is 162 Å². The molecule has 2 fully saturated rings. The molecule has 1 aromatic carbocycles. The van der Waals surface area contributed by atoms with Crippen LogP contribution in [0.3, 0.4) is 0 Å². The van der Waals surface area contributed by atoms with E-state index in [1.54, 1.807) is 7.11 Å². The molecule has 0 radical (unpaired) electrons. The van der Waals surface area contributed by atoms with Gasteiger partial charge in [0.25, 0.3) is 0 Å². The van der Waals surface area contributed by atoms with Gasteiger partial charge in [0.05, 0.1) is 13.7 Å². The molecule has 3 aliphatic rings. The molecule has 1 saturated heterocycles. The highest BCUT2D eigenvalue weighted by atomic mass is 16.5. The Morgan fingerprint density at radius 1 is 1.22 bits per heavy atom. The third-order valence-corrected chi connectivity index (χ3v) is 6.62. The van der Waals surface area contributed by atoms with Crippen LogP contribution in [0.25, 0.3) is 0 Å². The van der Waals surface area contributed by atoms with Crippen molar-refractivity contribution in [2.75, 3.05) is 33.4 Å². The van der Waals surface area contributed by atoms with E-state index in [0.717, 1.165) is 43.9 Å². The zero-order valence-corrected chi connectivity index (χ0v) is 16.5. The van der Waals surface area contributed by atoms with Crippen molar-refractivity contribution in [3.05, 3.63) is 23.8 Å². The standard InChI is InChI=1S/C22H32N2O3/c1-26-19-9-7-8-18-14-17(16-27-20(18)19)15-23-21(25)22(10-3-2-4-11-22)24-12-5-6-13-24/h7-9,17H,2-6,10-16H2,1H3,(H,23,25). The third kappa shape index (κ3) is 3.66. The molecule has 1 atom stereocenters. The third-order valence-electron chi connectivity index (χ3n) is 6.62. The van der Waals surface area contributed by atoms with Gasteiger partial charge in [0.15, 0.2) is 11.5 Å². The van der Waals surface area contributed by atoms with E-state index < -0.39 is 0 Å². The lowest BCUT2D eigenvalue weighted by atomic mass is 9.79. The van der Waals surface area contributed by atoms with Crippen LogP contribution in [0.2, 0.25) is 0 Å². The smallest absolute Gasteiger partial charge is 0.240 e. The summed E-state index contributed by atoms with van der Waals surface area (Å²) in [5, 5.41) is 3.31. The zero-order valence-electron chi connectivity index (χ0n) is 16.5. The van der Waals surface area contributed by atoms with Gasteiger partial charge in [0.1, 0.15) is 5.54 Å². The molecule has 1 N–H and O–H groups in total. The van der Waals surface area contributed by atoms with Crippen LogP contribution < -0.4 is 14.8 Å². The lowest BCUT2D eigenvalue weighted by Crippen LogP contribution is -2.59. The Balaban J connectivity index is 1.39. The van der Waals surface area contributed by atoms with Gasteiger partial charge in [-0.25, -0.2) is 0 Å². The van der Waals surface area contributed by atoms with E-state index in [1.807, 2.05) is 12.1 Å². The lowest BCUT2D eigenvalue weighted by molar-refractivity contribution is -0.135.